The number of ether oxygens (including phenoxy) is 1. The summed E-state index contributed by atoms with van der Waals surface area (Å²) in [6.07, 6.45) is 0.979. The Kier molecular flexibility index (Phi) is 3.76. The minimum atomic E-state index is -3.64. The molecule has 1 aromatic carbocycles. The first-order valence-corrected chi connectivity index (χ1v) is 8.27. The number of rotatable bonds is 4. The molecule has 0 heterocycles. The second-order valence-electron chi connectivity index (χ2n) is 4.98. The number of hydrogen-bond acceptors (Lipinski definition) is 5. The summed E-state index contributed by atoms with van der Waals surface area (Å²) in [6.45, 7) is 1.63. The van der Waals surface area contributed by atoms with Crippen molar-refractivity contribution in [2.45, 2.75) is 18.1 Å². The van der Waals surface area contributed by atoms with E-state index in [1.54, 1.807) is 6.92 Å². The maximum absolute atomic E-state index is 13.0. The first-order chi connectivity index (χ1) is 9.79. The van der Waals surface area contributed by atoms with Crippen molar-refractivity contribution in [1.29, 1.82) is 5.26 Å². The van der Waals surface area contributed by atoms with Gasteiger partial charge in [0.15, 0.2) is 15.3 Å². The van der Waals surface area contributed by atoms with E-state index in [4.69, 9.17) is 4.74 Å². The number of nitriles is 1. The highest BCUT2D eigenvalue weighted by molar-refractivity contribution is 7.91. The number of halogens is 1. The molecule has 0 radical (unpaired) electrons. The van der Waals surface area contributed by atoms with Gasteiger partial charge in [-0.15, -0.1) is 0 Å². The minimum absolute atomic E-state index is 0.0505. The zero-order valence-electron chi connectivity index (χ0n) is 11.5. The molecular formula is C14H14FNO4S. The average molecular weight is 311 g/mol. The predicted octanol–water partition coefficient (Wildman–Crippen LogP) is 1.41. The number of sulfone groups is 1. The van der Waals surface area contributed by atoms with E-state index in [0.717, 1.165) is 6.26 Å². The van der Waals surface area contributed by atoms with Crippen LogP contribution in [0.1, 0.15) is 18.4 Å². The van der Waals surface area contributed by atoms with E-state index >= 15 is 0 Å². The molecule has 1 fully saturated rings. The van der Waals surface area contributed by atoms with Crippen molar-refractivity contribution in [2.75, 3.05) is 12.9 Å². The van der Waals surface area contributed by atoms with Gasteiger partial charge in [0.1, 0.15) is 11.1 Å². The fourth-order valence-electron chi connectivity index (χ4n) is 2.72. The van der Waals surface area contributed by atoms with Gasteiger partial charge in [0.2, 0.25) is 0 Å². The lowest BCUT2D eigenvalue weighted by Gasteiger charge is -2.07. The summed E-state index contributed by atoms with van der Waals surface area (Å²) in [5.41, 5.74) is -1.32. The Morgan fingerprint density at radius 2 is 2.00 bits per heavy atom. The molecule has 0 amide bonds. The fourth-order valence-corrected chi connectivity index (χ4v) is 4.48. The zero-order chi connectivity index (χ0) is 15.8. The van der Waals surface area contributed by atoms with Gasteiger partial charge in [0.05, 0.1) is 12.7 Å². The summed E-state index contributed by atoms with van der Waals surface area (Å²) in [6, 6.07) is 6.91. The molecule has 21 heavy (non-hydrogen) atoms. The molecule has 0 aliphatic heterocycles. The molecule has 1 aliphatic carbocycles. The zero-order valence-corrected chi connectivity index (χ0v) is 12.4. The van der Waals surface area contributed by atoms with Crippen LogP contribution in [0.25, 0.3) is 0 Å². The first kappa shape index (κ1) is 15.4. The Balaban J connectivity index is 2.50. The monoisotopic (exact) mass is 311 g/mol. The van der Waals surface area contributed by atoms with Gasteiger partial charge < -0.3 is 4.74 Å². The Morgan fingerprint density at radius 1 is 1.43 bits per heavy atom. The van der Waals surface area contributed by atoms with Crippen LogP contribution in [-0.4, -0.2) is 32.5 Å². The molecule has 1 aromatic rings. The molecular weight excluding hydrogens is 297 g/mol. The van der Waals surface area contributed by atoms with Crippen molar-refractivity contribution in [2.24, 2.45) is 5.41 Å². The molecule has 0 spiro atoms. The van der Waals surface area contributed by atoms with E-state index in [1.165, 1.54) is 24.3 Å². The molecule has 0 saturated heterocycles. The van der Waals surface area contributed by atoms with E-state index < -0.39 is 38.2 Å². The van der Waals surface area contributed by atoms with E-state index in [2.05, 4.69) is 0 Å². The van der Waals surface area contributed by atoms with E-state index in [1.807, 2.05) is 6.07 Å². The van der Waals surface area contributed by atoms with Crippen LogP contribution in [0.15, 0.2) is 24.3 Å². The van der Waals surface area contributed by atoms with Crippen molar-refractivity contribution in [3.63, 3.8) is 0 Å². The second kappa shape index (κ2) is 5.11. The standard InChI is InChI=1S/C14H14FNO4S/c1-3-20-13(17)14(8-16)11(12(14)21(2,18)19)9-4-6-10(15)7-5-9/h4-7,11-12H,3H2,1-2H3/t11-,12-,14+/m0/s1. The van der Waals surface area contributed by atoms with Crippen molar-refractivity contribution < 1.29 is 22.3 Å². The minimum Gasteiger partial charge on any atom is -0.465 e. The topological polar surface area (TPSA) is 84.2 Å². The second-order valence-corrected chi connectivity index (χ2v) is 7.15. The summed E-state index contributed by atoms with van der Waals surface area (Å²) in [5, 5.41) is 8.22. The fraction of sp³-hybridized carbons (Fsp3) is 0.429. The van der Waals surface area contributed by atoms with Crippen molar-refractivity contribution in [1.82, 2.24) is 0 Å². The summed E-state index contributed by atoms with van der Waals surface area (Å²) in [4.78, 5) is 12.1. The Labute approximate surface area is 122 Å². The number of hydrogen-bond donors (Lipinski definition) is 0. The highest BCUT2D eigenvalue weighted by Gasteiger charge is 2.76. The highest BCUT2D eigenvalue weighted by atomic mass is 32.2. The van der Waals surface area contributed by atoms with Crippen LogP contribution in [-0.2, 0) is 19.4 Å². The lowest BCUT2D eigenvalue weighted by Crippen LogP contribution is -2.24. The van der Waals surface area contributed by atoms with Crippen LogP contribution in [0.2, 0.25) is 0 Å². The number of nitrogens with zero attached hydrogens (tertiary/aromatic N) is 1. The first-order valence-electron chi connectivity index (χ1n) is 6.31. The summed E-state index contributed by atoms with van der Waals surface area (Å²) < 4.78 is 41.6. The molecule has 0 aromatic heterocycles. The maximum Gasteiger partial charge on any atom is 0.328 e. The van der Waals surface area contributed by atoms with Crippen molar-refractivity contribution in [3.8, 4) is 6.07 Å². The Morgan fingerprint density at radius 3 is 2.43 bits per heavy atom. The molecule has 5 nitrogen and oxygen atoms in total. The Bertz CT molecular complexity index is 707. The van der Waals surface area contributed by atoms with Gasteiger partial charge in [-0.1, -0.05) is 12.1 Å². The SMILES string of the molecule is CCOC(=O)[C@]1(C#N)[C@@H](c2ccc(F)cc2)[C@@H]1S(C)(=O)=O. The van der Waals surface area contributed by atoms with Crippen LogP contribution in [0, 0.1) is 22.6 Å². The van der Waals surface area contributed by atoms with E-state index in [9.17, 15) is 22.9 Å². The molecule has 1 saturated carbocycles. The lowest BCUT2D eigenvalue weighted by atomic mass is 10.0. The van der Waals surface area contributed by atoms with E-state index in [0.29, 0.717) is 5.56 Å². The third kappa shape index (κ3) is 2.40. The summed E-state index contributed by atoms with van der Waals surface area (Å²) in [5.74, 6) is -2.16. The van der Waals surface area contributed by atoms with Crippen LogP contribution in [0.5, 0.6) is 0 Å². The summed E-state index contributed by atoms with van der Waals surface area (Å²) in [7, 11) is -3.64. The number of carbonyl (C=O) groups is 1. The molecule has 0 unspecified atom stereocenters. The molecule has 0 N–H and O–H groups in total. The van der Waals surface area contributed by atoms with Crippen LogP contribution < -0.4 is 0 Å². The van der Waals surface area contributed by atoms with Gasteiger partial charge in [0, 0.05) is 12.2 Å². The maximum atomic E-state index is 13.0. The third-order valence-electron chi connectivity index (χ3n) is 3.62. The lowest BCUT2D eigenvalue weighted by molar-refractivity contribution is -0.147. The van der Waals surface area contributed by atoms with Gasteiger partial charge in [0.25, 0.3) is 0 Å². The number of carbonyl (C=O) groups excluding carboxylic acids is 1. The molecule has 7 heteroatoms. The molecule has 0 bridgehead atoms. The normalized spacial score (nSPS) is 27.7. The smallest absolute Gasteiger partial charge is 0.328 e. The van der Waals surface area contributed by atoms with Gasteiger partial charge >= 0.3 is 5.97 Å². The van der Waals surface area contributed by atoms with Crippen LogP contribution in [0.4, 0.5) is 4.39 Å². The Hall–Kier alpha value is -1.94. The molecule has 1 aliphatic rings. The van der Waals surface area contributed by atoms with Gasteiger partial charge in [-0.25, -0.2) is 12.8 Å². The van der Waals surface area contributed by atoms with Gasteiger partial charge in [-0.2, -0.15) is 5.26 Å². The van der Waals surface area contributed by atoms with E-state index in [-0.39, 0.29) is 6.61 Å². The third-order valence-corrected chi connectivity index (χ3v) is 5.19. The largest absolute Gasteiger partial charge is 0.465 e. The molecule has 112 valence electrons. The van der Waals surface area contributed by atoms with Crippen molar-refractivity contribution >= 4 is 15.8 Å². The van der Waals surface area contributed by atoms with Crippen LogP contribution in [0.3, 0.4) is 0 Å². The predicted molar refractivity (Wildman–Crippen MR) is 72.5 cm³/mol. The van der Waals surface area contributed by atoms with Gasteiger partial charge in [-0.05, 0) is 24.6 Å². The molecule has 3 atom stereocenters. The average Bonchev–Trinajstić information content (AvgIpc) is 3.10. The number of esters is 1. The summed E-state index contributed by atoms with van der Waals surface area (Å²) >= 11 is 0. The highest BCUT2D eigenvalue weighted by Crippen LogP contribution is 2.63. The number of benzene rings is 1. The van der Waals surface area contributed by atoms with Crippen LogP contribution >= 0.6 is 0 Å². The van der Waals surface area contributed by atoms with Crippen molar-refractivity contribution in [3.05, 3.63) is 35.6 Å². The molecule has 2 rings (SSSR count). The quantitative estimate of drug-likeness (QED) is 0.785. The van der Waals surface area contributed by atoms with Gasteiger partial charge in [-0.3, -0.25) is 4.79 Å².